The smallest absolute Gasteiger partial charge is 0.321 e. The van der Waals surface area contributed by atoms with Gasteiger partial charge in [0, 0.05) is 5.02 Å². The molecule has 0 radical (unpaired) electrons. The lowest BCUT2D eigenvalue weighted by Gasteiger charge is -1.97. The van der Waals surface area contributed by atoms with E-state index in [0.29, 0.717) is 17.3 Å². The first-order valence-electron chi connectivity index (χ1n) is 4.77. The molecule has 0 bridgehead atoms. The van der Waals surface area contributed by atoms with E-state index in [2.05, 4.69) is 27.7 Å². The fourth-order valence-electron chi connectivity index (χ4n) is 1.26. The Bertz CT molecular complexity index is 525. The molecule has 0 unspecified atom stereocenters. The van der Waals surface area contributed by atoms with E-state index >= 15 is 0 Å². The third-order valence-electron chi connectivity index (χ3n) is 1.97. The Morgan fingerprint density at radius 3 is 2.71 bits per heavy atom. The lowest BCUT2D eigenvalue weighted by Crippen LogP contribution is -2.18. The number of anilines is 1. The SMILES string of the molecule is NC(=S)Nc1nnc(Cc2ccc(Cl)cc2)o1. The van der Waals surface area contributed by atoms with Crippen LogP contribution in [-0.4, -0.2) is 15.3 Å². The van der Waals surface area contributed by atoms with Gasteiger partial charge in [-0.15, -0.1) is 5.10 Å². The van der Waals surface area contributed by atoms with Crippen LogP contribution in [0.15, 0.2) is 28.7 Å². The van der Waals surface area contributed by atoms with Gasteiger partial charge in [0.2, 0.25) is 5.89 Å². The molecule has 5 nitrogen and oxygen atoms in total. The Kier molecular flexibility index (Phi) is 3.55. The van der Waals surface area contributed by atoms with Crippen molar-refractivity contribution in [3.05, 3.63) is 40.7 Å². The van der Waals surface area contributed by atoms with Crippen LogP contribution in [-0.2, 0) is 6.42 Å². The monoisotopic (exact) mass is 268 g/mol. The second-order valence-electron chi connectivity index (χ2n) is 3.29. The van der Waals surface area contributed by atoms with Crippen molar-refractivity contribution >= 4 is 34.9 Å². The Morgan fingerprint density at radius 2 is 2.06 bits per heavy atom. The number of halogens is 1. The van der Waals surface area contributed by atoms with Gasteiger partial charge < -0.3 is 10.2 Å². The van der Waals surface area contributed by atoms with Crippen LogP contribution < -0.4 is 11.1 Å². The van der Waals surface area contributed by atoms with Crippen molar-refractivity contribution in [3.8, 4) is 0 Å². The van der Waals surface area contributed by atoms with Gasteiger partial charge in [0.25, 0.3) is 0 Å². The van der Waals surface area contributed by atoms with Crippen LogP contribution in [0.25, 0.3) is 0 Å². The fourth-order valence-corrected chi connectivity index (χ4v) is 1.47. The molecule has 1 aromatic carbocycles. The van der Waals surface area contributed by atoms with Crippen LogP contribution in [0.4, 0.5) is 6.01 Å². The highest BCUT2D eigenvalue weighted by Gasteiger charge is 2.07. The van der Waals surface area contributed by atoms with Gasteiger partial charge in [-0.3, -0.25) is 5.32 Å². The highest BCUT2D eigenvalue weighted by Crippen LogP contribution is 2.14. The molecule has 0 amide bonds. The second kappa shape index (κ2) is 5.11. The van der Waals surface area contributed by atoms with Crippen LogP contribution in [0, 0.1) is 0 Å². The number of benzene rings is 1. The van der Waals surface area contributed by atoms with E-state index in [1.165, 1.54) is 0 Å². The lowest BCUT2D eigenvalue weighted by molar-refractivity contribution is 0.521. The summed E-state index contributed by atoms with van der Waals surface area (Å²) in [5, 5.41) is 11.0. The van der Waals surface area contributed by atoms with Crippen molar-refractivity contribution in [1.29, 1.82) is 0 Å². The molecule has 0 aliphatic carbocycles. The maximum atomic E-state index is 5.79. The largest absolute Gasteiger partial charge is 0.407 e. The van der Waals surface area contributed by atoms with Gasteiger partial charge in [0.15, 0.2) is 5.11 Å². The molecule has 1 aromatic heterocycles. The minimum atomic E-state index is 0.0895. The van der Waals surface area contributed by atoms with E-state index in [-0.39, 0.29) is 11.1 Å². The van der Waals surface area contributed by atoms with Gasteiger partial charge in [0.05, 0.1) is 6.42 Å². The molecular weight excluding hydrogens is 260 g/mol. The molecule has 0 atom stereocenters. The number of hydrogen-bond acceptors (Lipinski definition) is 4. The van der Waals surface area contributed by atoms with Crippen LogP contribution in [0.1, 0.15) is 11.5 Å². The molecule has 0 saturated heterocycles. The number of nitrogens with one attached hydrogen (secondary N) is 1. The molecule has 1 heterocycles. The van der Waals surface area contributed by atoms with Crippen LogP contribution in [0.3, 0.4) is 0 Å². The fraction of sp³-hybridized carbons (Fsp3) is 0.100. The predicted molar refractivity (Wildman–Crippen MR) is 69.0 cm³/mol. The molecule has 0 aliphatic rings. The first kappa shape index (κ1) is 11.8. The van der Waals surface area contributed by atoms with Gasteiger partial charge in [-0.1, -0.05) is 28.8 Å². The van der Waals surface area contributed by atoms with Crippen LogP contribution >= 0.6 is 23.8 Å². The minimum absolute atomic E-state index is 0.0895. The molecule has 3 N–H and O–H groups in total. The molecule has 17 heavy (non-hydrogen) atoms. The Labute approximate surface area is 108 Å². The summed E-state index contributed by atoms with van der Waals surface area (Å²) >= 11 is 10.4. The van der Waals surface area contributed by atoms with Crippen molar-refractivity contribution < 1.29 is 4.42 Å². The van der Waals surface area contributed by atoms with Crippen LogP contribution in [0.2, 0.25) is 5.02 Å². The summed E-state index contributed by atoms with van der Waals surface area (Å²) in [6.45, 7) is 0. The average Bonchev–Trinajstić information content (AvgIpc) is 2.68. The Balaban J connectivity index is 2.06. The van der Waals surface area contributed by atoms with Crippen molar-refractivity contribution in [2.75, 3.05) is 5.32 Å². The molecular formula is C10H9ClN4OS. The molecule has 0 aliphatic heterocycles. The van der Waals surface area contributed by atoms with E-state index in [1.54, 1.807) is 12.1 Å². The summed E-state index contributed by atoms with van der Waals surface area (Å²) < 4.78 is 5.29. The number of thiocarbonyl (C=S) groups is 1. The van der Waals surface area contributed by atoms with Gasteiger partial charge in [0.1, 0.15) is 0 Å². The molecule has 2 aromatic rings. The number of nitrogens with two attached hydrogens (primary N) is 1. The standard InChI is InChI=1S/C10H9ClN4OS/c11-7-3-1-6(2-4-7)5-8-14-15-10(16-8)13-9(12)17/h1-4H,5H2,(H3,12,13,15,17). The minimum Gasteiger partial charge on any atom is -0.407 e. The summed E-state index contributed by atoms with van der Waals surface area (Å²) in [6.07, 6.45) is 0.531. The van der Waals surface area contributed by atoms with Crippen molar-refractivity contribution in [2.45, 2.75) is 6.42 Å². The number of hydrogen-bond donors (Lipinski definition) is 2. The van der Waals surface area contributed by atoms with E-state index in [1.807, 2.05) is 12.1 Å². The molecule has 7 heteroatoms. The predicted octanol–water partition coefficient (Wildman–Crippen LogP) is 1.97. The molecule has 0 saturated carbocycles. The quantitative estimate of drug-likeness (QED) is 0.829. The Hall–Kier alpha value is -1.66. The topological polar surface area (TPSA) is 77.0 Å². The highest BCUT2D eigenvalue weighted by atomic mass is 35.5. The summed E-state index contributed by atoms with van der Waals surface area (Å²) in [4.78, 5) is 0. The van der Waals surface area contributed by atoms with Crippen molar-refractivity contribution in [2.24, 2.45) is 5.73 Å². The molecule has 88 valence electrons. The van der Waals surface area contributed by atoms with E-state index in [9.17, 15) is 0 Å². The summed E-state index contributed by atoms with van der Waals surface area (Å²) in [6, 6.07) is 7.60. The maximum absolute atomic E-state index is 5.79. The van der Waals surface area contributed by atoms with E-state index in [0.717, 1.165) is 5.56 Å². The van der Waals surface area contributed by atoms with Gasteiger partial charge in [-0.05, 0) is 29.9 Å². The third kappa shape index (κ3) is 3.40. The van der Waals surface area contributed by atoms with Gasteiger partial charge in [-0.2, -0.15) is 0 Å². The molecule has 2 rings (SSSR count). The Morgan fingerprint density at radius 1 is 1.35 bits per heavy atom. The normalized spacial score (nSPS) is 10.2. The highest BCUT2D eigenvalue weighted by molar-refractivity contribution is 7.80. The number of rotatable bonds is 3. The third-order valence-corrected chi connectivity index (χ3v) is 2.32. The van der Waals surface area contributed by atoms with Crippen LogP contribution in [0.5, 0.6) is 0 Å². The zero-order chi connectivity index (χ0) is 12.3. The maximum Gasteiger partial charge on any atom is 0.321 e. The zero-order valence-electron chi connectivity index (χ0n) is 8.68. The average molecular weight is 269 g/mol. The number of aromatic nitrogens is 2. The van der Waals surface area contributed by atoms with Gasteiger partial charge >= 0.3 is 6.01 Å². The van der Waals surface area contributed by atoms with Crippen molar-refractivity contribution in [1.82, 2.24) is 10.2 Å². The molecule has 0 fully saturated rings. The summed E-state index contributed by atoms with van der Waals surface area (Å²) in [7, 11) is 0. The second-order valence-corrected chi connectivity index (χ2v) is 4.17. The zero-order valence-corrected chi connectivity index (χ0v) is 10.3. The first-order valence-corrected chi connectivity index (χ1v) is 5.55. The van der Waals surface area contributed by atoms with E-state index < -0.39 is 0 Å². The number of nitrogens with zero attached hydrogens (tertiary/aromatic N) is 2. The summed E-state index contributed by atoms with van der Waals surface area (Å²) in [5.41, 5.74) is 6.31. The van der Waals surface area contributed by atoms with E-state index in [4.69, 9.17) is 21.8 Å². The molecule has 0 spiro atoms. The first-order chi connectivity index (χ1) is 8.13. The van der Waals surface area contributed by atoms with Gasteiger partial charge in [-0.25, -0.2) is 0 Å². The van der Waals surface area contributed by atoms with Crippen molar-refractivity contribution in [3.63, 3.8) is 0 Å². The summed E-state index contributed by atoms with van der Waals surface area (Å²) in [5.74, 6) is 0.478. The lowest BCUT2D eigenvalue weighted by atomic mass is 10.1.